The molecule has 0 aliphatic rings. The molecule has 2 unspecified atom stereocenters. The highest BCUT2D eigenvalue weighted by Crippen LogP contribution is 2.33. The van der Waals surface area contributed by atoms with E-state index in [2.05, 4.69) is 6.58 Å². The van der Waals surface area contributed by atoms with Crippen molar-refractivity contribution in [3.05, 3.63) is 48.6 Å². The lowest BCUT2D eigenvalue weighted by Gasteiger charge is -2.35. The molecule has 0 fully saturated rings. The van der Waals surface area contributed by atoms with E-state index >= 15 is 0 Å². The number of allylic oxidation sites excluding steroid dienone is 1. The van der Waals surface area contributed by atoms with Crippen molar-refractivity contribution in [3.63, 3.8) is 0 Å². The highest BCUT2D eigenvalue weighted by Gasteiger charge is 2.38. The molecule has 22 heavy (non-hydrogen) atoms. The molecule has 0 radical (unpaired) electrons. The largest absolute Gasteiger partial charge is 0.394 e. The molecular formula is C18H28O4. The maximum atomic E-state index is 10.9. The van der Waals surface area contributed by atoms with Gasteiger partial charge in [0.2, 0.25) is 0 Å². The second kappa shape index (κ2) is 10.5. The van der Waals surface area contributed by atoms with Crippen LogP contribution in [0.2, 0.25) is 0 Å². The molecular weight excluding hydrogens is 280 g/mol. The van der Waals surface area contributed by atoms with E-state index in [1.54, 1.807) is 0 Å². The summed E-state index contributed by atoms with van der Waals surface area (Å²) in [5.74, 6) is -1.40. The summed E-state index contributed by atoms with van der Waals surface area (Å²) in [6.45, 7) is 6.08. The number of aliphatic hydroxyl groups is 2. The zero-order valence-electron chi connectivity index (χ0n) is 13.4. The molecule has 1 rings (SSSR count). The zero-order chi connectivity index (χ0) is 16.3. The minimum atomic E-state index is -1.40. The van der Waals surface area contributed by atoms with Gasteiger partial charge in [0, 0.05) is 6.42 Å². The van der Waals surface area contributed by atoms with Crippen molar-refractivity contribution in [1.82, 2.24) is 0 Å². The third kappa shape index (κ3) is 5.89. The normalized spacial score (nSPS) is 15.2. The van der Waals surface area contributed by atoms with Gasteiger partial charge in [-0.3, -0.25) is 0 Å². The van der Waals surface area contributed by atoms with Crippen LogP contribution in [0, 0.1) is 0 Å². The molecule has 0 bridgehead atoms. The number of ether oxygens (including phenoxy) is 2. The molecule has 124 valence electrons. The molecule has 4 nitrogen and oxygen atoms in total. The highest BCUT2D eigenvalue weighted by molar-refractivity contribution is 5.19. The van der Waals surface area contributed by atoms with Crippen molar-refractivity contribution in [2.45, 2.75) is 44.5 Å². The summed E-state index contributed by atoms with van der Waals surface area (Å²) in [6, 6.07) is 9.48. The van der Waals surface area contributed by atoms with E-state index < -0.39 is 11.9 Å². The molecule has 0 aliphatic carbocycles. The smallest absolute Gasteiger partial charge is 0.196 e. The van der Waals surface area contributed by atoms with E-state index in [0.29, 0.717) is 13.0 Å². The molecule has 1 aromatic rings. The molecule has 0 spiro atoms. The van der Waals surface area contributed by atoms with Crippen molar-refractivity contribution in [1.29, 1.82) is 0 Å². The summed E-state index contributed by atoms with van der Waals surface area (Å²) < 4.78 is 11.4. The molecule has 0 aromatic heterocycles. The van der Waals surface area contributed by atoms with Crippen LogP contribution in [0.25, 0.3) is 0 Å². The van der Waals surface area contributed by atoms with E-state index in [4.69, 9.17) is 14.6 Å². The minimum absolute atomic E-state index is 0.0948. The predicted octanol–water partition coefficient (Wildman–Crippen LogP) is 3.21. The van der Waals surface area contributed by atoms with Gasteiger partial charge in [0.15, 0.2) is 5.79 Å². The maximum absolute atomic E-state index is 10.9. The zero-order valence-corrected chi connectivity index (χ0v) is 13.4. The molecule has 0 saturated carbocycles. The van der Waals surface area contributed by atoms with Crippen LogP contribution in [0.5, 0.6) is 0 Å². The molecule has 4 heteroatoms. The molecule has 2 atom stereocenters. The summed E-state index contributed by atoms with van der Waals surface area (Å²) in [5, 5.41) is 19.9. The fraction of sp³-hybridized carbons (Fsp3) is 0.556. The van der Waals surface area contributed by atoms with Gasteiger partial charge in [-0.2, -0.15) is 0 Å². The summed E-state index contributed by atoms with van der Waals surface area (Å²) in [7, 11) is 0. The first-order chi connectivity index (χ1) is 10.7. The Hall–Kier alpha value is -1.20. The van der Waals surface area contributed by atoms with Crippen molar-refractivity contribution >= 4 is 0 Å². The van der Waals surface area contributed by atoms with Gasteiger partial charge >= 0.3 is 0 Å². The topological polar surface area (TPSA) is 58.9 Å². The van der Waals surface area contributed by atoms with Crippen LogP contribution in [0.1, 0.15) is 44.3 Å². The number of hydrogen-bond acceptors (Lipinski definition) is 4. The third-order valence-electron chi connectivity index (χ3n) is 3.55. The molecule has 0 heterocycles. The quantitative estimate of drug-likeness (QED) is 0.354. The van der Waals surface area contributed by atoms with Gasteiger partial charge < -0.3 is 19.7 Å². The summed E-state index contributed by atoms with van der Waals surface area (Å²) in [5.41, 5.74) is 0.839. The summed E-state index contributed by atoms with van der Waals surface area (Å²) in [6.07, 6.45) is 4.44. The Bertz CT molecular complexity index is 407. The lowest BCUT2D eigenvalue weighted by molar-refractivity contribution is -0.273. The lowest BCUT2D eigenvalue weighted by Crippen LogP contribution is -2.41. The molecule has 0 saturated heterocycles. The van der Waals surface area contributed by atoms with Gasteiger partial charge in [-0.15, -0.1) is 6.58 Å². The van der Waals surface area contributed by atoms with Crippen LogP contribution in [-0.2, 0) is 9.47 Å². The van der Waals surface area contributed by atoms with Gasteiger partial charge in [0.1, 0.15) is 6.10 Å². The lowest BCUT2D eigenvalue weighted by atomic mass is 9.98. The average molecular weight is 308 g/mol. The van der Waals surface area contributed by atoms with Crippen LogP contribution in [0.15, 0.2) is 43.0 Å². The van der Waals surface area contributed by atoms with Crippen molar-refractivity contribution < 1.29 is 19.7 Å². The van der Waals surface area contributed by atoms with Crippen molar-refractivity contribution in [2.75, 3.05) is 19.8 Å². The number of hydrogen-bond donors (Lipinski definition) is 2. The van der Waals surface area contributed by atoms with E-state index in [1.165, 1.54) is 0 Å². The Balaban J connectivity index is 2.75. The first kappa shape index (κ1) is 18.8. The third-order valence-corrected chi connectivity index (χ3v) is 3.55. The van der Waals surface area contributed by atoms with E-state index in [0.717, 1.165) is 24.8 Å². The minimum Gasteiger partial charge on any atom is -0.394 e. The Morgan fingerprint density at radius 1 is 1.23 bits per heavy atom. The molecule has 1 aromatic carbocycles. The van der Waals surface area contributed by atoms with E-state index in [1.807, 2.05) is 43.3 Å². The van der Waals surface area contributed by atoms with E-state index in [-0.39, 0.29) is 13.2 Å². The van der Waals surface area contributed by atoms with Gasteiger partial charge in [-0.1, -0.05) is 43.3 Å². The Morgan fingerprint density at radius 3 is 2.55 bits per heavy atom. The monoisotopic (exact) mass is 308 g/mol. The van der Waals surface area contributed by atoms with Gasteiger partial charge in [-0.05, 0) is 24.8 Å². The summed E-state index contributed by atoms with van der Waals surface area (Å²) >= 11 is 0. The van der Waals surface area contributed by atoms with Gasteiger partial charge in [0.25, 0.3) is 0 Å². The average Bonchev–Trinajstić information content (AvgIpc) is 2.56. The van der Waals surface area contributed by atoms with Gasteiger partial charge in [-0.25, -0.2) is 0 Å². The predicted molar refractivity (Wildman–Crippen MR) is 87.5 cm³/mol. The van der Waals surface area contributed by atoms with Crippen molar-refractivity contribution in [2.24, 2.45) is 0 Å². The maximum Gasteiger partial charge on any atom is 0.196 e. The number of unbranched alkanes of at least 4 members (excludes halogenated alkanes) is 2. The second-order valence-corrected chi connectivity index (χ2v) is 5.22. The number of benzene rings is 1. The van der Waals surface area contributed by atoms with Crippen LogP contribution in [0.4, 0.5) is 0 Å². The fourth-order valence-corrected chi connectivity index (χ4v) is 2.29. The Morgan fingerprint density at radius 2 is 1.95 bits per heavy atom. The highest BCUT2D eigenvalue weighted by atomic mass is 16.7. The first-order valence-electron chi connectivity index (χ1n) is 7.92. The van der Waals surface area contributed by atoms with Crippen LogP contribution >= 0.6 is 0 Å². The van der Waals surface area contributed by atoms with E-state index in [9.17, 15) is 5.11 Å². The second-order valence-electron chi connectivity index (χ2n) is 5.22. The molecule has 0 aliphatic heterocycles. The first-order valence-corrected chi connectivity index (χ1v) is 7.92. The Kier molecular flexibility index (Phi) is 9.01. The van der Waals surface area contributed by atoms with Crippen molar-refractivity contribution in [3.8, 4) is 0 Å². The SMILES string of the molecule is C=CCCCCOC(O)(CC)C(OCCO)c1ccccc1. The summed E-state index contributed by atoms with van der Waals surface area (Å²) in [4.78, 5) is 0. The standard InChI is InChI=1S/C18H28O4/c1-3-5-6-10-14-22-18(20,4-2)17(21-15-13-19)16-11-8-7-9-12-16/h3,7-9,11-12,17,19-20H,1,4-6,10,13-15H2,2H3. The van der Waals surface area contributed by atoms with Crippen LogP contribution in [-0.4, -0.2) is 35.8 Å². The van der Waals surface area contributed by atoms with Crippen LogP contribution < -0.4 is 0 Å². The molecule has 0 amide bonds. The Labute approximate surface area is 133 Å². The fourth-order valence-electron chi connectivity index (χ4n) is 2.29. The van der Waals surface area contributed by atoms with Crippen LogP contribution in [0.3, 0.4) is 0 Å². The van der Waals surface area contributed by atoms with Gasteiger partial charge in [0.05, 0.1) is 19.8 Å². The molecule has 2 N–H and O–H groups in total. The number of rotatable bonds is 12. The number of aliphatic hydroxyl groups excluding tert-OH is 1.